The Morgan fingerprint density at radius 3 is 2.18 bits per heavy atom. The minimum absolute atomic E-state index is 0.0134. The number of hydrogen-bond donors (Lipinski definition) is 1. The zero-order valence-electron chi connectivity index (χ0n) is 10.0. The molecule has 5 heteroatoms. The molecule has 0 amide bonds. The topological polar surface area (TPSA) is 35.2 Å². The van der Waals surface area contributed by atoms with Gasteiger partial charge in [0.1, 0.15) is 5.75 Å². The van der Waals surface area contributed by atoms with Crippen molar-refractivity contribution in [3.63, 3.8) is 0 Å². The van der Waals surface area contributed by atoms with Crippen LogP contribution in [0.25, 0.3) is 0 Å². The number of hydrogen-bond acceptors (Lipinski definition) is 2. The van der Waals surface area contributed by atoms with Crippen molar-refractivity contribution < 1.29 is 17.9 Å². The van der Waals surface area contributed by atoms with E-state index in [1.807, 2.05) is 13.8 Å². The lowest BCUT2D eigenvalue weighted by Crippen LogP contribution is -2.39. The zero-order valence-corrected chi connectivity index (χ0v) is 10.0. The fourth-order valence-electron chi connectivity index (χ4n) is 1.44. The summed E-state index contributed by atoms with van der Waals surface area (Å²) in [5.41, 5.74) is 5.53. The molecule has 1 atom stereocenters. The zero-order chi connectivity index (χ0) is 13.3. The van der Waals surface area contributed by atoms with Crippen molar-refractivity contribution in [2.75, 3.05) is 0 Å². The third-order valence-corrected chi connectivity index (χ3v) is 2.89. The van der Waals surface area contributed by atoms with E-state index in [4.69, 9.17) is 5.73 Å². The molecule has 0 bridgehead atoms. The van der Waals surface area contributed by atoms with Gasteiger partial charge in [-0.2, -0.15) is 0 Å². The van der Waals surface area contributed by atoms with Gasteiger partial charge in [0.2, 0.25) is 0 Å². The average Bonchev–Trinajstić information content (AvgIpc) is 2.15. The number of rotatable bonds is 3. The normalized spacial score (nSPS) is 15.8. The van der Waals surface area contributed by atoms with Crippen molar-refractivity contribution in [1.29, 1.82) is 0 Å². The molecule has 0 saturated carbocycles. The number of ether oxygens (including phenoxy) is 1. The first-order valence-corrected chi connectivity index (χ1v) is 5.28. The highest BCUT2D eigenvalue weighted by Crippen LogP contribution is 2.35. The van der Waals surface area contributed by atoms with Gasteiger partial charge in [-0.1, -0.05) is 32.0 Å². The van der Waals surface area contributed by atoms with Gasteiger partial charge in [-0.15, -0.1) is 13.2 Å². The number of benzene rings is 1. The Morgan fingerprint density at radius 2 is 1.71 bits per heavy atom. The molecule has 0 radical (unpaired) electrons. The molecule has 0 fully saturated rings. The van der Waals surface area contributed by atoms with Gasteiger partial charge in [0.05, 0.1) is 0 Å². The van der Waals surface area contributed by atoms with Crippen molar-refractivity contribution in [3.8, 4) is 5.75 Å². The molecule has 1 aromatic carbocycles. The van der Waals surface area contributed by atoms with E-state index in [1.54, 1.807) is 19.1 Å². The molecule has 0 aliphatic carbocycles. The summed E-state index contributed by atoms with van der Waals surface area (Å²) in [4.78, 5) is 0. The van der Waals surface area contributed by atoms with E-state index in [2.05, 4.69) is 4.74 Å². The van der Waals surface area contributed by atoms with Gasteiger partial charge in [0.25, 0.3) is 0 Å². The van der Waals surface area contributed by atoms with Gasteiger partial charge in [-0.05, 0) is 18.9 Å². The summed E-state index contributed by atoms with van der Waals surface area (Å²) in [7, 11) is 0. The first kappa shape index (κ1) is 13.8. The summed E-state index contributed by atoms with van der Waals surface area (Å²) >= 11 is 0. The molecule has 0 saturated heterocycles. The quantitative estimate of drug-likeness (QED) is 0.888. The maximum absolute atomic E-state index is 12.2. The summed E-state index contributed by atoms with van der Waals surface area (Å²) in [5, 5.41) is 0. The molecule has 0 heterocycles. The molecule has 2 nitrogen and oxygen atoms in total. The second kappa shape index (κ2) is 4.56. The van der Waals surface area contributed by atoms with Crippen LogP contribution in [0.3, 0.4) is 0 Å². The highest BCUT2D eigenvalue weighted by molar-refractivity contribution is 5.39. The van der Waals surface area contributed by atoms with E-state index < -0.39 is 11.9 Å². The van der Waals surface area contributed by atoms with E-state index in [0.29, 0.717) is 5.56 Å². The molecule has 2 N–H and O–H groups in total. The predicted molar refractivity (Wildman–Crippen MR) is 59.5 cm³/mol. The Balaban J connectivity index is 3.17. The van der Waals surface area contributed by atoms with E-state index in [-0.39, 0.29) is 11.7 Å². The maximum Gasteiger partial charge on any atom is 0.573 e. The molecule has 0 aromatic heterocycles. The average molecular weight is 247 g/mol. The summed E-state index contributed by atoms with van der Waals surface area (Å²) < 4.78 is 40.7. The van der Waals surface area contributed by atoms with Gasteiger partial charge in [0, 0.05) is 11.1 Å². The Bertz CT molecular complexity index is 386. The summed E-state index contributed by atoms with van der Waals surface area (Å²) in [5.74, 6) is -0.251. The molecule has 1 unspecified atom stereocenters. The predicted octanol–water partition coefficient (Wildman–Crippen LogP) is 3.42. The largest absolute Gasteiger partial charge is 0.573 e. The van der Waals surface area contributed by atoms with Crippen LogP contribution in [0, 0.1) is 5.92 Å². The van der Waals surface area contributed by atoms with Gasteiger partial charge in [-0.25, -0.2) is 0 Å². The van der Waals surface area contributed by atoms with Crippen LogP contribution in [0.1, 0.15) is 26.3 Å². The molecular formula is C12H16F3NO. The van der Waals surface area contributed by atoms with Crippen molar-refractivity contribution in [2.24, 2.45) is 11.7 Å². The fourth-order valence-corrected chi connectivity index (χ4v) is 1.44. The van der Waals surface area contributed by atoms with Crippen molar-refractivity contribution in [3.05, 3.63) is 29.8 Å². The number of para-hydroxylation sites is 1. The molecule has 1 aromatic rings. The summed E-state index contributed by atoms with van der Waals surface area (Å²) in [6.45, 7) is 5.39. The number of halogens is 3. The van der Waals surface area contributed by atoms with Crippen LogP contribution in [0.5, 0.6) is 5.75 Å². The first-order chi connectivity index (χ1) is 7.64. The highest BCUT2D eigenvalue weighted by atomic mass is 19.4. The molecule has 96 valence electrons. The van der Waals surface area contributed by atoms with Crippen LogP contribution in [0.4, 0.5) is 13.2 Å². The van der Waals surface area contributed by atoms with Crippen LogP contribution < -0.4 is 10.5 Å². The minimum Gasteiger partial charge on any atom is -0.405 e. The van der Waals surface area contributed by atoms with Crippen LogP contribution in [0.15, 0.2) is 24.3 Å². The van der Waals surface area contributed by atoms with Gasteiger partial charge < -0.3 is 10.5 Å². The van der Waals surface area contributed by atoms with E-state index in [1.165, 1.54) is 12.1 Å². The van der Waals surface area contributed by atoms with Gasteiger partial charge in [-0.3, -0.25) is 0 Å². The smallest absolute Gasteiger partial charge is 0.405 e. The SMILES string of the molecule is CC(C)C(C)(N)c1ccccc1OC(F)(F)F. The molecule has 0 aliphatic heterocycles. The molecule has 0 aliphatic rings. The third-order valence-electron chi connectivity index (χ3n) is 2.89. The van der Waals surface area contributed by atoms with Gasteiger partial charge in [0.15, 0.2) is 0 Å². The van der Waals surface area contributed by atoms with Crippen LogP contribution in [-0.4, -0.2) is 6.36 Å². The second-order valence-electron chi connectivity index (χ2n) is 4.48. The monoisotopic (exact) mass is 247 g/mol. The fraction of sp³-hybridized carbons (Fsp3) is 0.500. The number of nitrogens with two attached hydrogens (primary N) is 1. The van der Waals surface area contributed by atoms with E-state index in [9.17, 15) is 13.2 Å². The lowest BCUT2D eigenvalue weighted by molar-refractivity contribution is -0.275. The third kappa shape index (κ3) is 3.36. The van der Waals surface area contributed by atoms with E-state index >= 15 is 0 Å². The minimum atomic E-state index is -4.71. The molecule has 17 heavy (non-hydrogen) atoms. The Kier molecular flexibility index (Phi) is 3.71. The molecule has 1 rings (SSSR count). The van der Waals surface area contributed by atoms with Crippen LogP contribution in [0.2, 0.25) is 0 Å². The first-order valence-electron chi connectivity index (χ1n) is 5.28. The van der Waals surface area contributed by atoms with Gasteiger partial charge >= 0.3 is 6.36 Å². The second-order valence-corrected chi connectivity index (χ2v) is 4.48. The summed E-state index contributed by atoms with van der Waals surface area (Å²) in [6.07, 6.45) is -4.71. The van der Waals surface area contributed by atoms with Crippen LogP contribution in [-0.2, 0) is 5.54 Å². The Labute approximate surface area is 98.6 Å². The number of alkyl halides is 3. The van der Waals surface area contributed by atoms with Crippen molar-refractivity contribution >= 4 is 0 Å². The standard InChI is InChI=1S/C12H16F3NO/c1-8(2)11(3,16)9-6-4-5-7-10(9)17-12(13,14)15/h4-8H,16H2,1-3H3. The lowest BCUT2D eigenvalue weighted by Gasteiger charge is -2.31. The van der Waals surface area contributed by atoms with Crippen molar-refractivity contribution in [2.45, 2.75) is 32.7 Å². The van der Waals surface area contributed by atoms with Crippen molar-refractivity contribution in [1.82, 2.24) is 0 Å². The maximum atomic E-state index is 12.2. The Morgan fingerprint density at radius 1 is 1.18 bits per heavy atom. The molecule has 0 spiro atoms. The molecular weight excluding hydrogens is 231 g/mol. The Hall–Kier alpha value is -1.23. The highest BCUT2D eigenvalue weighted by Gasteiger charge is 2.35. The van der Waals surface area contributed by atoms with Crippen LogP contribution >= 0.6 is 0 Å². The summed E-state index contributed by atoms with van der Waals surface area (Å²) in [6, 6.07) is 5.96. The van der Waals surface area contributed by atoms with E-state index in [0.717, 1.165) is 0 Å². The lowest BCUT2D eigenvalue weighted by atomic mass is 9.82.